The minimum atomic E-state index is -0.498. The molecule has 7 heteroatoms. The summed E-state index contributed by atoms with van der Waals surface area (Å²) >= 11 is 0. The average molecular weight is 287 g/mol. The zero-order chi connectivity index (χ0) is 15.0. The Morgan fingerprint density at radius 3 is 2.81 bits per heavy atom. The van der Waals surface area contributed by atoms with Gasteiger partial charge in [0.2, 0.25) is 0 Å². The van der Waals surface area contributed by atoms with Crippen molar-refractivity contribution < 1.29 is 18.7 Å². The van der Waals surface area contributed by atoms with Crippen molar-refractivity contribution in [2.45, 2.75) is 0 Å². The van der Waals surface area contributed by atoms with Crippen LogP contribution in [0.2, 0.25) is 0 Å². The summed E-state index contributed by atoms with van der Waals surface area (Å²) in [5.74, 6) is 0.174. The third kappa shape index (κ3) is 2.08. The number of anilines is 1. The fourth-order valence-corrected chi connectivity index (χ4v) is 2.23. The Kier molecular flexibility index (Phi) is 3.02. The molecule has 0 aliphatic rings. The quantitative estimate of drug-likeness (QED) is 0.716. The number of nitrogens with one attached hydrogen (secondary N) is 1. The second kappa shape index (κ2) is 4.86. The summed E-state index contributed by atoms with van der Waals surface area (Å²) < 4.78 is 15.0. The first kappa shape index (κ1) is 13.0. The highest BCUT2D eigenvalue weighted by atomic mass is 16.5. The monoisotopic (exact) mass is 287 g/mol. The molecule has 2 aromatic heterocycles. The normalized spacial score (nSPS) is 10.8. The van der Waals surface area contributed by atoms with Crippen molar-refractivity contribution in [2.75, 3.05) is 20.0 Å². The van der Waals surface area contributed by atoms with Gasteiger partial charge in [-0.25, -0.2) is 4.79 Å². The number of H-pyrrole nitrogens is 1. The Balaban J connectivity index is 2.30. The molecule has 0 aliphatic heterocycles. The van der Waals surface area contributed by atoms with Crippen molar-refractivity contribution in [2.24, 2.45) is 0 Å². The number of oxazole rings is 1. The van der Waals surface area contributed by atoms with Gasteiger partial charge in [0, 0.05) is 17.0 Å². The maximum absolute atomic E-state index is 12.0. The fraction of sp³-hybridized carbons (Fsp3) is 0.143. The Hall–Kier alpha value is -2.96. The van der Waals surface area contributed by atoms with E-state index in [1.165, 1.54) is 13.4 Å². The SMILES string of the molecule is COC(=O)c1[nH]c2cc(OC)ccc2c1-c1coc(N)n1. The van der Waals surface area contributed by atoms with Crippen LogP contribution in [0, 0.1) is 0 Å². The number of esters is 1. The predicted molar refractivity (Wildman–Crippen MR) is 76.1 cm³/mol. The molecule has 3 aromatic rings. The number of ether oxygens (including phenoxy) is 2. The maximum Gasteiger partial charge on any atom is 0.355 e. The van der Waals surface area contributed by atoms with Gasteiger partial charge in [0.15, 0.2) is 0 Å². The molecular formula is C14H13N3O4. The van der Waals surface area contributed by atoms with Gasteiger partial charge in [0.25, 0.3) is 6.01 Å². The van der Waals surface area contributed by atoms with E-state index >= 15 is 0 Å². The highest BCUT2D eigenvalue weighted by Gasteiger charge is 2.22. The van der Waals surface area contributed by atoms with Gasteiger partial charge in [-0.05, 0) is 12.1 Å². The van der Waals surface area contributed by atoms with Crippen LogP contribution in [-0.4, -0.2) is 30.2 Å². The summed E-state index contributed by atoms with van der Waals surface area (Å²) in [6, 6.07) is 5.44. The van der Waals surface area contributed by atoms with E-state index in [4.69, 9.17) is 19.6 Å². The second-order valence-corrected chi connectivity index (χ2v) is 4.35. The Bertz CT molecular complexity index is 819. The smallest absolute Gasteiger partial charge is 0.355 e. The molecule has 1 aromatic carbocycles. The van der Waals surface area contributed by atoms with Gasteiger partial charge >= 0.3 is 5.97 Å². The number of fused-ring (bicyclic) bond motifs is 1. The van der Waals surface area contributed by atoms with Crippen molar-refractivity contribution in [3.8, 4) is 17.0 Å². The molecule has 0 unspecified atom stereocenters. The number of nitrogens with two attached hydrogens (primary N) is 1. The molecule has 0 fully saturated rings. The first-order valence-electron chi connectivity index (χ1n) is 6.13. The summed E-state index contributed by atoms with van der Waals surface area (Å²) in [6.07, 6.45) is 1.40. The van der Waals surface area contributed by atoms with E-state index in [1.54, 1.807) is 19.2 Å². The molecule has 0 atom stereocenters. The third-order valence-corrected chi connectivity index (χ3v) is 3.17. The van der Waals surface area contributed by atoms with Crippen LogP contribution in [0.5, 0.6) is 5.75 Å². The van der Waals surface area contributed by atoms with Gasteiger partial charge in [0.05, 0.1) is 19.7 Å². The van der Waals surface area contributed by atoms with Crippen LogP contribution < -0.4 is 10.5 Å². The second-order valence-electron chi connectivity index (χ2n) is 4.35. The Labute approximate surface area is 119 Å². The van der Waals surface area contributed by atoms with Crippen LogP contribution in [0.3, 0.4) is 0 Å². The van der Waals surface area contributed by atoms with E-state index < -0.39 is 5.97 Å². The standard InChI is InChI=1S/C14H13N3O4/c1-19-7-3-4-8-9(5-7)16-12(13(18)20-2)11(8)10-6-21-14(15)17-10/h3-6,16H,1-2H3,(H2,15,17). The molecule has 3 N–H and O–H groups in total. The number of nitrogens with zero attached hydrogens (tertiary/aromatic N) is 1. The first-order valence-corrected chi connectivity index (χ1v) is 6.13. The topological polar surface area (TPSA) is 103 Å². The number of hydrogen-bond donors (Lipinski definition) is 2. The lowest BCUT2D eigenvalue weighted by molar-refractivity contribution is 0.0596. The van der Waals surface area contributed by atoms with Crippen LogP contribution in [0.25, 0.3) is 22.2 Å². The molecule has 0 saturated carbocycles. The van der Waals surface area contributed by atoms with E-state index in [2.05, 4.69) is 9.97 Å². The van der Waals surface area contributed by atoms with Crippen LogP contribution in [-0.2, 0) is 4.74 Å². The van der Waals surface area contributed by atoms with Crippen LogP contribution >= 0.6 is 0 Å². The number of hydrogen-bond acceptors (Lipinski definition) is 6. The molecule has 0 saturated heterocycles. The molecule has 0 bridgehead atoms. The fourth-order valence-electron chi connectivity index (χ4n) is 2.23. The lowest BCUT2D eigenvalue weighted by Gasteiger charge is -2.00. The molecule has 2 heterocycles. The number of methoxy groups -OCH3 is 2. The van der Waals surface area contributed by atoms with Gasteiger partial charge in [0.1, 0.15) is 23.4 Å². The van der Waals surface area contributed by atoms with E-state index in [0.717, 1.165) is 10.9 Å². The van der Waals surface area contributed by atoms with E-state index in [0.29, 0.717) is 17.0 Å². The zero-order valence-corrected chi connectivity index (χ0v) is 11.5. The summed E-state index contributed by atoms with van der Waals surface area (Å²) in [7, 11) is 2.89. The Morgan fingerprint density at radius 2 is 2.19 bits per heavy atom. The first-order chi connectivity index (χ1) is 10.1. The number of benzene rings is 1. The molecule has 0 radical (unpaired) electrons. The van der Waals surface area contributed by atoms with Crippen molar-refractivity contribution in [1.29, 1.82) is 0 Å². The van der Waals surface area contributed by atoms with Gasteiger partial charge in [-0.2, -0.15) is 4.98 Å². The van der Waals surface area contributed by atoms with Gasteiger partial charge in [-0.3, -0.25) is 0 Å². The largest absolute Gasteiger partial charge is 0.497 e. The molecular weight excluding hydrogens is 274 g/mol. The molecule has 3 rings (SSSR count). The van der Waals surface area contributed by atoms with Crippen LogP contribution in [0.15, 0.2) is 28.9 Å². The summed E-state index contributed by atoms with van der Waals surface area (Å²) in [5, 5.41) is 0.796. The number of carbonyl (C=O) groups excluding carboxylic acids is 1. The molecule has 0 aliphatic carbocycles. The third-order valence-electron chi connectivity index (χ3n) is 3.17. The van der Waals surface area contributed by atoms with E-state index in [1.807, 2.05) is 6.07 Å². The van der Waals surface area contributed by atoms with Gasteiger partial charge in [-0.1, -0.05) is 0 Å². The highest BCUT2D eigenvalue weighted by Crippen LogP contribution is 2.34. The minimum Gasteiger partial charge on any atom is -0.497 e. The lowest BCUT2D eigenvalue weighted by Crippen LogP contribution is -2.03. The van der Waals surface area contributed by atoms with Crippen LogP contribution in [0.1, 0.15) is 10.5 Å². The Morgan fingerprint density at radius 1 is 1.38 bits per heavy atom. The van der Waals surface area contributed by atoms with Crippen molar-refractivity contribution in [3.63, 3.8) is 0 Å². The molecule has 21 heavy (non-hydrogen) atoms. The van der Waals surface area contributed by atoms with Crippen molar-refractivity contribution in [3.05, 3.63) is 30.2 Å². The van der Waals surface area contributed by atoms with E-state index in [9.17, 15) is 4.79 Å². The highest BCUT2D eigenvalue weighted by molar-refractivity contribution is 6.07. The number of carbonyl (C=O) groups is 1. The zero-order valence-electron chi connectivity index (χ0n) is 11.5. The number of rotatable bonds is 3. The van der Waals surface area contributed by atoms with Crippen molar-refractivity contribution >= 4 is 22.9 Å². The predicted octanol–water partition coefficient (Wildman–Crippen LogP) is 2.20. The molecule has 0 amide bonds. The summed E-state index contributed by atoms with van der Waals surface area (Å²) in [4.78, 5) is 19.1. The lowest BCUT2D eigenvalue weighted by atomic mass is 10.1. The molecule has 0 spiro atoms. The minimum absolute atomic E-state index is 0.0312. The molecule has 108 valence electrons. The van der Waals surface area contributed by atoms with Crippen LogP contribution in [0.4, 0.5) is 6.01 Å². The number of aromatic amines is 1. The number of aromatic nitrogens is 2. The van der Waals surface area contributed by atoms with E-state index in [-0.39, 0.29) is 11.7 Å². The summed E-state index contributed by atoms with van der Waals surface area (Å²) in [6.45, 7) is 0. The number of nitrogen functional groups attached to an aromatic ring is 1. The van der Waals surface area contributed by atoms with Gasteiger partial charge < -0.3 is 24.6 Å². The average Bonchev–Trinajstić information content (AvgIpc) is 3.08. The summed E-state index contributed by atoms with van der Waals surface area (Å²) in [5.41, 5.74) is 7.57. The van der Waals surface area contributed by atoms with Gasteiger partial charge in [-0.15, -0.1) is 0 Å². The van der Waals surface area contributed by atoms with Crippen molar-refractivity contribution in [1.82, 2.24) is 9.97 Å². The molecule has 7 nitrogen and oxygen atoms in total. The maximum atomic E-state index is 12.0.